The smallest absolute Gasteiger partial charge is 0.284 e. The molecule has 6 heteroatoms. The maximum atomic E-state index is 12.1. The van der Waals surface area contributed by atoms with Crippen molar-refractivity contribution in [2.45, 2.75) is 0 Å². The molecule has 4 aromatic rings. The second-order valence-corrected chi connectivity index (χ2v) is 5.70. The summed E-state index contributed by atoms with van der Waals surface area (Å²) < 4.78 is 2.64. The van der Waals surface area contributed by atoms with Crippen LogP contribution in [-0.4, -0.2) is 19.4 Å². The second kappa shape index (κ2) is 4.99. The molecule has 0 saturated heterocycles. The van der Waals surface area contributed by atoms with Gasteiger partial charge in [0.2, 0.25) is 0 Å². The van der Waals surface area contributed by atoms with E-state index in [9.17, 15) is 4.79 Å². The highest BCUT2D eigenvalue weighted by molar-refractivity contribution is 9.10. The summed E-state index contributed by atoms with van der Waals surface area (Å²) in [7, 11) is 0. The van der Waals surface area contributed by atoms with Gasteiger partial charge in [0.25, 0.3) is 5.56 Å². The lowest BCUT2D eigenvalue weighted by Crippen LogP contribution is -2.12. The van der Waals surface area contributed by atoms with Gasteiger partial charge in [0.05, 0.1) is 0 Å². The average Bonchev–Trinajstić information content (AvgIpc) is 2.55. The predicted molar refractivity (Wildman–Crippen MR) is 87.7 cm³/mol. The fourth-order valence-electron chi connectivity index (χ4n) is 2.33. The van der Waals surface area contributed by atoms with Gasteiger partial charge in [-0.1, -0.05) is 46.3 Å². The van der Waals surface area contributed by atoms with Gasteiger partial charge in [0, 0.05) is 22.4 Å². The zero-order chi connectivity index (χ0) is 15.1. The Morgan fingerprint density at radius 3 is 2.68 bits per heavy atom. The summed E-state index contributed by atoms with van der Waals surface area (Å²) in [5.74, 6) is 0.579. The molecule has 106 valence electrons. The first-order valence-corrected chi connectivity index (χ1v) is 7.42. The van der Waals surface area contributed by atoms with Crippen LogP contribution >= 0.6 is 15.9 Å². The molecule has 0 fully saturated rings. The molecule has 0 atom stereocenters. The summed E-state index contributed by atoms with van der Waals surface area (Å²) in [5, 5.41) is 0.402. The Kier molecular flexibility index (Phi) is 2.97. The standard InChI is InChI=1S/C16H9BrN4O/c17-11-6-7-21-13(8-11)19-16(22)12-9-18-14(20-15(12)21)10-4-2-1-3-5-10/h1-9H. The van der Waals surface area contributed by atoms with Crippen LogP contribution in [0.15, 0.2) is 64.1 Å². The van der Waals surface area contributed by atoms with E-state index in [1.54, 1.807) is 10.5 Å². The molecule has 3 aromatic heterocycles. The molecule has 0 N–H and O–H groups in total. The van der Waals surface area contributed by atoms with Crippen molar-refractivity contribution < 1.29 is 0 Å². The fourth-order valence-corrected chi connectivity index (χ4v) is 2.65. The number of benzene rings is 1. The zero-order valence-electron chi connectivity index (χ0n) is 11.3. The Morgan fingerprint density at radius 2 is 1.86 bits per heavy atom. The van der Waals surface area contributed by atoms with Gasteiger partial charge < -0.3 is 0 Å². The Hall–Kier alpha value is -2.60. The molecule has 0 aliphatic rings. The summed E-state index contributed by atoms with van der Waals surface area (Å²) in [4.78, 5) is 25.0. The fraction of sp³-hybridized carbons (Fsp3) is 0. The molecular formula is C16H9BrN4O. The third-order valence-corrected chi connectivity index (χ3v) is 3.87. The summed E-state index contributed by atoms with van der Waals surface area (Å²) in [5.41, 5.74) is 1.67. The molecule has 5 nitrogen and oxygen atoms in total. The van der Waals surface area contributed by atoms with E-state index in [0.717, 1.165) is 10.0 Å². The Balaban J connectivity index is 2.10. The van der Waals surface area contributed by atoms with Crippen LogP contribution in [0.3, 0.4) is 0 Å². The van der Waals surface area contributed by atoms with Crippen LogP contribution < -0.4 is 5.56 Å². The molecular weight excluding hydrogens is 344 g/mol. The normalized spacial score (nSPS) is 11.1. The largest absolute Gasteiger partial charge is 0.285 e. The summed E-state index contributed by atoms with van der Waals surface area (Å²) in [6.45, 7) is 0. The number of hydrogen-bond acceptors (Lipinski definition) is 4. The number of rotatable bonds is 1. The van der Waals surface area contributed by atoms with Crippen molar-refractivity contribution in [3.63, 3.8) is 0 Å². The minimum atomic E-state index is -0.326. The first-order valence-electron chi connectivity index (χ1n) is 6.62. The van der Waals surface area contributed by atoms with Crippen molar-refractivity contribution in [2.24, 2.45) is 0 Å². The molecule has 0 radical (unpaired) electrons. The van der Waals surface area contributed by atoms with Crippen molar-refractivity contribution >= 4 is 32.6 Å². The lowest BCUT2D eigenvalue weighted by Gasteiger charge is -2.06. The average molecular weight is 353 g/mol. The summed E-state index contributed by atoms with van der Waals surface area (Å²) >= 11 is 3.38. The number of pyridine rings is 1. The van der Waals surface area contributed by atoms with Gasteiger partial charge in [0.15, 0.2) is 11.5 Å². The van der Waals surface area contributed by atoms with Crippen LogP contribution in [0.4, 0.5) is 0 Å². The van der Waals surface area contributed by atoms with Crippen molar-refractivity contribution in [1.82, 2.24) is 19.4 Å². The number of halogens is 1. The van der Waals surface area contributed by atoms with E-state index in [1.807, 2.05) is 42.6 Å². The third kappa shape index (κ3) is 2.08. The van der Waals surface area contributed by atoms with E-state index < -0.39 is 0 Å². The van der Waals surface area contributed by atoms with Gasteiger partial charge in [-0.2, -0.15) is 4.98 Å². The molecule has 0 amide bonds. The highest BCUT2D eigenvalue weighted by Crippen LogP contribution is 2.18. The number of nitrogens with zero attached hydrogens (tertiary/aromatic N) is 4. The van der Waals surface area contributed by atoms with E-state index in [0.29, 0.717) is 22.5 Å². The van der Waals surface area contributed by atoms with Gasteiger partial charge in [-0.25, -0.2) is 9.97 Å². The van der Waals surface area contributed by atoms with E-state index in [4.69, 9.17) is 0 Å². The first-order chi connectivity index (χ1) is 10.7. The van der Waals surface area contributed by atoms with Gasteiger partial charge in [-0.15, -0.1) is 0 Å². The van der Waals surface area contributed by atoms with Crippen LogP contribution in [0.1, 0.15) is 0 Å². The minimum Gasteiger partial charge on any atom is -0.285 e. The molecule has 0 spiro atoms. The maximum Gasteiger partial charge on any atom is 0.284 e. The summed E-state index contributed by atoms with van der Waals surface area (Å²) in [6, 6.07) is 13.3. The highest BCUT2D eigenvalue weighted by Gasteiger charge is 2.10. The van der Waals surface area contributed by atoms with Crippen molar-refractivity contribution in [3.8, 4) is 11.4 Å². The van der Waals surface area contributed by atoms with E-state index in [1.165, 1.54) is 6.20 Å². The van der Waals surface area contributed by atoms with Gasteiger partial charge in [-0.3, -0.25) is 9.20 Å². The highest BCUT2D eigenvalue weighted by atomic mass is 79.9. The number of aromatic nitrogens is 4. The minimum absolute atomic E-state index is 0.326. The van der Waals surface area contributed by atoms with E-state index in [2.05, 4.69) is 30.9 Å². The summed E-state index contributed by atoms with van der Waals surface area (Å²) in [6.07, 6.45) is 3.37. The number of fused-ring (bicyclic) bond motifs is 3. The quantitative estimate of drug-likeness (QED) is 0.494. The lowest BCUT2D eigenvalue weighted by atomic mass is 10.2. The zero-order valence-corrected chi connectivity index (χ0v) is 12.9. The molecule has 0 aliphatic carbocycles. The van der Waals surface area contributed by atoms with Crippen LogP contribution in [-0.2, 0) is 0 Å². The van der Waals surface area contributed by atoms with Crippen LogP contribution in [0.2, 0.25) is 0 Å². The van der Waals surface area contributed by atoms with Crippen molar-refractivity contribution in [2.75, 3.05) is 0 Å². The predicted octanol–water partition coefficient (Wildman–Crippen LogP) is 3.07. The number of hydrogen-bond donors (Lipinski definition) is 0. The van der Waals surface area contributed by atoms with Gasteiger partial charge in [-0.05, 0) is 12.1 Å². The molecule has 3 heterocycles. The lowest BCUT2D eigenvalue weighted by molar-refractivity contribution is 1.07. The van der Waals surface area contributed by atoms with Crippen LogP contribution in [0.5, 0.6) is 0 Å². The van der Waals surface area contributed by atoms with E-state index in [-0.39, 0.29) is 5.56 Å². The Bertz CT molecular complexity index is 1060. The van der Waals surface area contributed by atoms with Gasteiger partial charge >= 0.3 is 0 Å². The molecule has 0 bridgehead atoms. The van der Waals surface area contributed by atoms with Crippen LogP contribution in [0, 0.1) is 0 Å². The molecule has 4 rings (SSSR count). The molecule has 0 aliphatic heterocycles. The van der Waals surface area contributed by atoms with E-state index >= 15 is 0 Å². The topological polar surface area (TPSA) is 60.2 Å². The van der Waals surface area contributed by atoms with Gasteiger partial charge in [0.1, 0.15) is 11.0 Å². The Labute approximate surface area is 133 Å². The van der Waals surface area contributed by atoms with Crippen molar-refractivity contribution in [3.05, 3.63) is 69.7 Å². The second-order valence-electron chi connectivity index (χ2n) is 4.79. The maximum absolute atomic E-state index is 12.1. The SMILES string of the molecule is O=c1nc2cc(Br)ccn2c2nc(-c3ccccc3)ncc12. The molecule has 0 saturated carbocycles. The Morgan fingerprint density at radius 1 is 1.05 bits per heavy atom. The molecule has 0 unspecified atom stereocenters. The van der Waals surface area contributed by atoms with Crippen LogP contribution in [0.25, 0.3) is 28.1 Å². The van der Waals surface area contributed by atoms with Crippen molar-refractivity contribution in [1.29, 1.82) is 0 Å². The third-order valence-electron chi connectivity index (χ3n) is 3.37. The monoisotopic (exact) mass is 352 g/mol. The molecule has 1 aromatic carbocycles. The molecule has 22 heavy (non-hydrogen) atoms. The first kappa shape index (κ1) is 13.1.